The Morgan fingerprint density at radius 1 is 1.05 bits per heavy atom. The van der Waals surface area contributed by atoms with E-state index in [1.807, 2.05) is 30.3 Å². The lowest BCUT2D eigenvalue weighted by Gasteiger charge is -2.09. The summed E-state index contributed by atoms with van der Waals surface area (Å²) >= 11 is 3.46. The molecule has 19 heavy (non-hydrogen) atoms. The molecule has 0 bridgehead atoms. The molecule has 0 unspecified atom stereocenters. The normalized spacial score (nSPS) is 10.6. The molecular weight excluding hydrogens is 302 g/mol. The predicted octanol–water partition coefficient (Wildman–Crippen LogP) is 4.44. The SMILES string of the molecule is Cc1ccc2ncnc(Nc3cccc(Br)c3)c2c1. The zero-order valence-electron chi connectivity index (χ0n) is 10.4. The van der Waals surface area contributed by atoms with Crippen LogP contribution in [0.5, 0.6) is 0 Å². The van der Waals surface area contributed by atoms with Crippen LogP contribution in [0.1, 0.15) is 5.56 Å². The number of nitrogens with zero attached hydrogens (tertiary/aromatic N) is 2. The maximum absolute atomic E-state index is 4.34. The van der Waals surface area contributed by atoms with Crippen molar-refractivity contribution in [2.24, 2.45) is 0 Å². The second-order valence-electron chi connectivity index (χ2n) is 4.38. The van der Waals surface area contributed by atoms with Gasteiger partial charge in [0.1, 0.15) is 12.1 Å². The number of anilines is 2. The molecule has 94 valence electrons. The molecule has 0 aliphatic heterocycles. The fourth-order valence-corrected chi connectivity index (χ4v) is 2.37. The number of aryl methyl sites for hydroxylation is 1. The van der Waals surface area contributed by atoms with Crippen LogP contribution >= 0.6 is 15.9 Å². The van der Waals surface area contributed by atoms with Crippen LogP contribution in [-0.4, -0.2) is 9.97 Å². The van der Waals surface area contributed by atoms with E-state index in [1.165, 1.54) is 5.56 Å². The first-order chi connectivity index (χ1) is 9.22. The van der Waals surface area contributed by atoms with E-state index in [4.69, 9.17) is 0 Å². The molecule has 3 aromatic rings. The minimum atomic E-state index is 0.826. The van der Waals surface area contributed by atoms with Crippen molar-refractivity contribution in [3.05, 3.63) is 58.8 Å². The number of benzene rings is 2. The van der Waals surface area contributed by atoms with Crippen LogP contribution in [-0.2, 0) is 0 Å². The molecule has 3 nitrogen and oxygen atoms in total. The third kappa shape index (κ3) is 2.58. The highest BCUT2D eigenvalue weighted by Crippen LogP contribution is 2.25. The van der Waals surface area contributed by atoms with Gasteiger partial charge in [-0.15, -0.1) is 0 Å². The molecule has 0 fully saturated rings. The van der Waals surface area contributed by atoms with Gasteiger partial charge in [0.15, 0.2) is 0 Å². The Labute approximate surface area is 119 Å². The van der Waals surface area contributed by atoms with Gasteiger partial charge in [-0.2, -0.15) is 0 Å². The van der Waals surface area contributed by atoms with Gasteiger partial charge in [0, 0.05) is 15.5 Å². The monoisotopic (exact) mass is 313 g/mol. The fraction of sp³-hybridized carbons (Fsp3) is 0.0667. The zero-order chi connectivity index (χ0) is 13.2. The molecule has 0 radical (unpaired) electrons. The minimum Gasteiger partial charge on any atom is -0.340 e. The highest BCUT2D eigenvalue weighted by atomic mass is 79.9. The Morgan fingerprint density at radius 3 is 2.79 bits per heavy atom. The molecule has 1 heterocycles. The van der Waals surface area contributed by atoms with Crippen LogP contribution in [0, 0.1) is 6.92 Å². The fourth-order valence-electron chi connectivity index (χ4n) is 1.97. The summed E-state index contributed by atoms with van der Waals surface area (Å²) in [6, 6.07) is 14.2. The summed E-state index contributed by atoms with van der Waals surface area (Å²) < 4.78 is 1.03. The summed E-state index contributed by atoms with van der Waals surface area (Å²) in [7, 11) is 0. The minimum absolute atomic E-state index is 0.826. The number of aromatic nitrogens is 2. The van der Waals surface area contributed by atoms with Crippen LogP contribution in [0.25, 0.3) is 10.9 Å². The molecule has 0 aliphatic rings. The van der Waals surface area contributed by atoms with E-state index >= 15 is 0 Å². The molecular formula is C15H12BrN3. The summed E-state index contributed by atoms with van der Waals surface area (Å²) in [6.45, 7) is 2.06. The molecule has 0 saturated carbocycles. The van der Waals surface area contributed by atoms with Crippen molar-refractivity contribution in [1.29, 1.82) is 0 Å². The Balaban J connectivity index is 2.07. The van der Waals surface area contributed by atoms with Gasteiger partial charge in [-0.25, -0.2) is 9.97 Å². The summed E-state index contributed by atoms with van der Waals surface area (Å²) in [6.07, 6.45) is 1.58. The van der Waals surface area contributed by atoms with Gasteiger partial charge in [-0.3, -0.25) is 0 Å². The lowest BCUT2D eigenvalue weighted by atomic mass is 10.1. The largest absolute Gasteiger partial charge is 0.340 e. The van der Waals surface area contributed by atoms with Crippen LogP contribution < -0.4 is 5.32 Å². The molecule has 0 saturated heterocycles. The summed E-state index contributed by atoms with van der Waals surface area (Å²) in [4.78, 5) is 8.62. The van der Waals surface area contributed by atoms with Crippen molar-refractivity contribution < 1.29 is 0 Å². The van der Waals surface area contributed by atoms with Crippen LogP contribution in [0.2, 0.25) is 0 Å². The standard InChI is InChI=1S/C15H12BrN3/c1-10-5-6-14-13(7-10)15(18-9-17-14)19-12-4-2-3-11(16)8-12/h2-9H,1H3,(H,17,18,19). The van der Waals surface area contributed by atoms with Gasteiger partial charge in [0.05, 0.1) is 5.52 Å². The average molecular weight is 314 g/mol. The Kier molecular flexibility index (Phi) is 3.17. The van der Waals surface area contributed by atoms with Crippen molar-refractivity contribution in [3.63, 3.8) is 0 Å². The molecule has 2 aromatic carbocycles. The Hall–Kier alpha value is -1.94. The summed E-state index contributed by atoms with van der Waals surface area (Å²) in [5.41, 5.74) is 3.13. The van der Waals surface area contributed by atoms with Gasteiger partial charge in [-0.1, -0.05) is 33.6 Å². The van der Waals surface area contributed by atoms with Crippen molar-refractivity contribution >= 4 is 38.3 Å². The molecule has 3 rings (SSSR count). The van der Waals surface area contributed by atoms with Crippen molar-refractivity contribution in [2.45, 2.75) is 6.92 Å². The topological polar surface area (TPSA) is 37.8 Å². The predicted molar refractivity (Wildman–Crippen MR) is 81.7 cm³/mol. The molecule has 1 N–H and O–H groups in total. The third-order valence-corrected chi connectivity index (χ3v) is 3.37. The molecule has 0 aliphatic carbocycles. The van der Waals surface area contributed by atoms with Crippen LogP contribution in [0.4, 0.5) is 11.5 Å². The second-order valence-corrected chi connectivity index (χ2v) is 5.29. The highest BCUT2D eigenvalue weighted by Gasteiger charge is 2.04. The number of halogens is 1. The molecule has 0 amide bonds. The molecule has 1 aromatic heterocycles. The molecule has 0 atom stereocenters. The molecule has 4 heteroatoms. The van der Waals surface area contributed by atoms with Crippen molar-refractivity contribution in [3.8, 4) is 0 Å². The number of hydrogen-bond acceptors (Lipinski definition) is 3. The van der Waals surface area contributed by atoms with E-state index in [2.05, 4.69) is 50.3 Å². The van der Waals surface area contributed by atoms with Crippen molar-refractivity contribution in [1.82, 2.24) is 9.97 Å². The quantitative estimate of drug-likeness (QED) is 0.759. The van der Waals surface area contributed by atoms with Crippen LogP contribution in [0.15, 0.2) is 53.3 Å². The van der Waals surface area contributed by atoms with Gasteiger partial charge in [0.25, 0.3) is 0 Å². The zero-order valence-corrected chi connectivity index (χ0v) is 12.0. The maximum atomic E-state index is 4.34. The van der Waals surface area contributed by atoms with E-state index in [9.17, 15) is 0 Å². The number of hydrogen-bond donors (Lipinski definition) is 1. The van der Waals surface area contributed by atoms with Crippen LogP contribution in [0.3, 0.4) is 0 Å². The second kappa shape index (κ2) is 4.97. The lowest BCUT2D eigenvalue weighted by molar-refractivity contribution is 1.21. The van der Waals surface area contributed by atoms with Gasteiger partial charge in [0.2, 0.25) is 0 Å². The smallest absolute Gasteiger partial charge is 0.141 e. The first-order valence-electron chi connectivity index (χ1n) is 5.96. The van der Waals surface area contributed by atoms with E-state index in [1.54, 1.807) is 6.33 Å². The van der Waals surface area contributed by atoms with E-state index < -0.39 is 0 Å². The number of fused-ring (bicyclic) bond motifs is 1. The molecule has 0 spiro atoms. The van der Waals surface area contributed by atoms with E-state index in [-0.39, 0.29) is 0 Å². The third-order valence-electron chi connectivity index (χ3n) is 2.88. The first-order valence-corrected chi connectivity index (χ1v) is 6.75. The van der Waals surface area contributed by atoms with Crippen molar-refractivity contribution in [2.75, 3.05) is 5.32 Å². The Morgan fingerprint density at radius 2 is 1.95 bits per heavy atom. The number of rotatable bonds is 2. The average Bonchev–Trinajstić information content (AvgIpc) is 2.39. The van der Waals surface area contributed by atoms with Gasteiger partial charge >= 0.3 is 0 Å². The van der Waals surface area contributed by atoms with Gasteiger partial charge < -0.3 is 5.32 Å². The number of nitrogens with one attached hydrogen (secondary N) is 1. The summed E-state index contributed by atoms with van der Waals surface area (Å²) in [5.74, 6) is 0.826. The van der Waals surface area contributed by atoms with E-state index in [0.29, 0.717) is 0 Å². The Bertz CT molecular complexity index is 740. The highest BCUT2D eigenvalue weighted by molar-refractivity contribution is 9.10. The summed E-state index contributed by atoms with van der Waals surface area (Å²) in [5, 5.41) is 4.36. The lowest BCUT2D eigenvalue weighted by Crippen LogP contribution is -1.96. The first kappa shape index (κ1) is 12.1. The maximum Gasteiger partial charge on any atom is 0.141 e. The van der Waals surface area contributed by atoms with E-state index in [0.717, 1.165) is 26.9 Å². The van der Waals surface area contributed by atoms with Gasteiger partial charge in [-0.05, 0) is 37.3 Å².